The van der Waals surface area contributed by atoms with Gasteiger partial charge in [0, 0.05) is 31.1 Å². The lowest BCUT2D eigenvalue weighted by Gasteiger charge is -2.33. The molecule has 18 heavy (non-hydrogen) atoms. The maximum Gasteiger partial charge on any atom is 0.202 e. The van der Waals surface area contributed by atoms with E-state index in [-0.39, 0.29) is 0 Å². The summed E-state index contributed by atoms with van der Waals surface area (Å²) in [6, 6.07) is 0. The average Bonchev–Trinajstić information content (AvgIpc) is 2.78. The van der Waals surface area contributed by atoms with Crippen LogP contribution in [0.1, 0.15) is 51.3 Å². The van der Waals surface area contributed by atoms with Gasteiger partial charge in [-0.05, 0) is 31.1 Å². The first kappa shape index (κ1) is 13.7. The van der Waals surface area contributed by atoms with Crippen molar-refractivity contribution in [1.29, 1.82) is 0 Å². The van der Waals surface area contributed by atoms with Gasteiger partial charge < -0.3 is 10.1 Å². The smallest absolute Gasteiger partial charge is 0.202 e. The summed E-state index contributed by atoms with van der Waals surface area (Å²) in [5, 5.41) is 4.16. The van der Waals surface area contributed by atoms with Gasteiger partial charge in [-0.2, -0.15) is 4.37 Å². The lowest BCUT2D eigenvalue weighted by Crippen LogP contribution is -2.20. The van der Waals surface area contributed by atoms with E-state index in [1.165, 1.54) is 37.2 Å². The highest BCUT2D eigenvalue weighted by molar-refractivity contribution is 7.09. The average molecular weight is 269 g/mol. The fourth-order valence-electron chi connectivity index (χ4n) is 2.39. The Morgan fingerprint density at radius 2 is 2.11 bits per heavy atom. The molecule has 1 N–H and O–H groups in total. The van der Waals surface area contributed by atoms with Crippen LogP contribution in [0.5, 0.6) is 0 Å². The zero-order valence-electron chi connectivity index (χ0n) is 11.5. The molecule has 0 aromatic carbocycles. The molecule has 1 fully saturated rings. The van der Waals surface area contributed by atoms with E-state index < -0.39 is 0 Å². The Balaban J connectivity index is 1.86. The molecule has 1 aliphatic rings. The fourth-order valence-corrected chi connectivity index (χ4v) is 3.06. The van der Waals surface area contributed by atoms with Crippen molar-refractivity contribution in [3.63, 3.8) is 0 Å². The molecule has 0 amide bonds. The summed E-state index contributed by atoms with van der Waals surface area (Å²) in [6.07, 6.45) is 5.01. The van der Waals surface area contributed by atoms with E-state index in [1.807, 2.05) is 0 Å². The number of rotatable bonds is 5. The molecular weight excluding hydrogens is 246 g/mol. The van der Waals surface area contributed by atoms with Crippen LogP contribution in [0, 0.1) is 5.41 Å². The second-order valence-corrected chi connectivity index (χ2v) is 6.57. The molecule has 0 bridgehead atoms. The summed E-state index contributed by atoms with van der Waals surface area (Å²) in [4.78, 5) is 4.59. The van der Waals surface area contributed by atoms with Gasteiger partial charge in [0.05, 0.1) is 6.61 Å². The maximum atomic E-state index is 5.00. The first-order chi connectivity index (χ1) is 8.61. The summed E-state index contributed by atoms with van der Waals surface area (Å²) in [5.74, 6) is 1.60. The van der Waals surface area contributed by atoms with Crippen LogP contribution in [0.4, 0.5) is 5.13 Å². The molecule has 4 nitrogen and oxygen atoms in total. The second kappa shape index (κ2) is 5.97. The lowest BCUT2D eigenvalue weighted by molar-refractivity contribution is 0.210. The quantitative estimate of drug-likeness (QED) is 0.833. The number of anilines is 1. The number of methoxy groups -OCH3 is 1. The van der Waals surface area contributed by atoms with Crippen LogP contribution in [-0.4, -0.2) is 29.6 Å². The third kappa shape index (κ3) is 3.65. The first-order valence-electron chi connectivity index (χ1n) is 6.67. The van der Waals surface area contributed by atoms with E-state index >= 15 is 0 Å². The van der Waals surface area contributed by atoms with Crippen LogP contribution in [0.3, 0.4) is 0 Å². The molecule has 5 heteroatoms. The fraction of sp³-hybridized carbons (Fsp3) is 0.846. The molecule has 1 aromatic heterocycles. The Hall–Kier alpha value is -0.680. The molecule has 0 radical (unpaired) electrons. The molecule has 0 saturated heterocycles. The molecule has 0 unspecified atom stereocenters. The molecule has 0 aliphatic heterocycles. The van der Waals surface area contributed by atoms with E-state index in [9.17, 15) is 0 Å². The summed E-state index contributed by atoms with van der Waals surface area (Å²) in [6.45, 7) is 6.21. The van der Waals surface area contributed by atoms with E-state index in [1.54, 1.807) is 7.11 Å². The van der Waals surface area contributed by atoms with Crippen molar-refractivity contribution < 1.29 is 4.74 Å². The molecular formula is C13H23N3OS. The molecule has 1 saturated carbocycles. The summed E-state index contributed by atoms with van der Waals surface area (Å²) < 4.78 is 9.50. The van der Waals surface area contributed by atoms with Crippen LogP contribution >= 0.6 is 11.5 Å². The Kier molecular flexibility index (Phi) is 4.56. The number of nitrogens with one attached hydrogen (secondary N) is 1. The van der Waals surface area contributed by atoms with Crippen molar-refractivity contribution in [1.82, 2.24) is 9.36 Å². The first-order valence-corrected chi connectivity index (χ1v) is 7.44. The van der Waals surface area contributed by atoms with Gasteiger partial charge in [0.15, 0.2) is 0 Å². The minimum absolute atomic E-state index is 0.506. The highest BCUT2D eigenvalue weighted by atomic mass is 32.1. The van der Waals surface area contributed by atoms with Crippen LogP contribution < -0.4 is 5.32 Å². The van der Waals surface area contributed by atoms with Crippen molar-refractivity contribution in [3.8, 4) is 0 Å². The zero-order valence-corrected chi connectivity index (χ0v) is 12.3. The zero-order chi connectivity index (χ0) is 13.0. The second-order valence-electron chi connectivity index (χ2n) is 5.82. The maximum absolute atomic E-state index is 5.00. The van der Waals surface area contributed by atoms with Gasteiger partial charge in [-0.1, -0.05) is 13.8 Å². The van der Waals surface area contributed by atoms with E-state index in [4.69, 9.17) is 4.74 Å². The van der Waals surface area contributed by atoms with E-state index in [2.05, 4.69) is 28.5 Å². The molecule has 1 aliphatic carbocycles. The minimum atomic E-state index is 0.506. The summed E-state index contributed by atoms with van der Waals surface area (Å²) in [7, 11) is 1.71. The summed E-state index contributed by atoms with van der Waals surface area (Å²) >= 11 is 1.47. The van der Waals surface area contributed by atoms with Gasteiger partial charge in [-0.15, -0.1) is 0 Å². The molecule has 0 atom stereocenters. The van der Waals surface area contributed by atoms with Gasteiger partial charge in [0.2, 0.25) is 5.13 Å². The SMILES string of the molecule is COCCNc1nc(C2CCC(C)(C)CC2)ns1. The topological polar surface area (TPSA) is 47.0 Å². The monoisotopic (exact) mass is 269 g/mol. The van der Waals surface area contributed by atoms with Gasteiger partial charge in [-0.3, -0.25) is 0 Å². The Labute approximate surface area is 113 Å². The van der Waals surface area contributed by atoms with Crippen molar-refractivity contribution in [2.45, 2.75) is 45.4 Å². The number of hydrogen-bond donors (Lipinski definition) is 1. The van der Waals surface area contributed by atoms with E-state index in [0.717, 1.165) is 17.5 Å². The molecule has 1 heterocycles. The number of hydrogen-bond acceptors (Lipinski definition) is 5. The normalized spacial score (nSPS) is 19.9. The Morgan fingerprint density at radius 3 is 2.78 bits per heavy atom. The van der Waals surface area contributed by atoms with Gasteiger partial charge >= 0.3 is 0 Å². The van der Waals surface area contributed by atoms with Crippen molar-refractivity contribution in [3.05, 3.63) is 5.82 Å². The third-order valence-electron chi connectivity index (χ3n) is 3.73. The largest absolute Gasteiger partial charge is 0.383 e. The highest BCUT2D eigenvalue weighted by Gasteiger charge is 2.29. The van der Waals surface area contributed by atoms with E-state index in [0.29, 0.717) is 17.9 Å². The minimum Gasteiger partial charge on any atom is -0.383 e. The van der Waals surface area contributed by atoms with Gasteiger partial charge in [-0.25, -0.2) is 4.98 Å². The van der Waals surface area contributed by atoms with Crippen LogP contribution in [-0.2, 0) is 4.74 Å². The van der Waals surface area contributed by atoms with Crippen LogP contribution in [0.25, 0.3) is 0 Å². The molecule has 102 valence electrons. The Bertz CT molecular complexity index is 368. The van der Waals surface area contributed by atoms with Crippen molar-refractivity contribution in [2.75, 3.05) is 25.6 Å². The number of ether oxygens (including phenoxy) is 1. The lowest BCUT2D eigenvalue weighted by atomic mass is 9.73. The molecule has 1 aromatic rings. The predicted molar refractivity (Wildman–Crippen MR) is 75.3 cm³/mol. The van der Waals surface area contributed by atoms with Crippen LogP contribution in [0.15, 0.2) is 0 Å². The number of nitrogens with zero attached hydrogens (tertiary/aromatic N) is 2. The number of aromatic nitrogens is 2. The third-order valence-corrected chi connectivity index (χ3v) is 4.42. The summed E-state index contributed by atoms with van der Waals surface area (Å²) in [5.41, 5.74) is 0.506. The van der Waals surface area contributed by atoms with Crippen molar-refractivity contribution in [2.24, 2.45) is 5.41 Å². The van der Waals surface area contributed by atoms with Crippen LogP contribution in [0.2, 0.25) is 0 Å². The van der Waals surface area contributed by atoms with Gasteiger partial charge in [0.1, 0.15) is 5.82 Å². The molecule has 2 rings (SSSR count). The predicted octanol–water partition coefficient (Wildman–Crippen LogP) is 3.28. The Morgan fingerprint density at radius 1 is 1.39 bits per heavy atom. The highest BCUT2D eigenvalue weighted by Crippen LogP contribution is 2.41. The van der Waals surface area contributed by atoms with Gasteiger partial charge in [0.25, 0.3) is 0 Å². The van der Waals surface area contributed by atoms with Crippen molar-refractivity contribution >= 4 is 16.7 Å². The molecule has 0 spiro atoms. The standard InChI is InChI=1S/C13H23N3OS/c1-13(2)6-4-10(5-7-13)11-15-12(18-16-11)14-8-9-17-3/h10H,4-9H2,1-3H3,(H,14,15,16).